The minimum absolute atomic E-state index is 0.00465. The van der Waals surface area contributed by atoms with Crippen molar-refractivity contribution >= 4 is 11.6 Å². The van der Waals surface area contributed by atoms with Crippen LogP contribution in [-0.2, 0) is 4.74 Å². The van der Waals surface area contributed by atoms with Crippen molar-refractivity contribution in [3.63, 3.8) is 0 Å². The molecule has 0 amide bonds. The fourth-order valence-electron chi connectivity index (χ4n) is 1.49. The number of methoxy groups -OCH3 is 1. The lowest BCUT2D eigenvalue weighted by atomic mass is 10.3. The zero-order valence-electron chi connectivity index (χ0n) is 10.4. The van der Waals surface area contributed by atoms with Crippen LogP contribution in [-0.4, -0.2) is 32.9 Å². The predicted octanol–water partition coefficient (Wildman–Crippen LogP) is 2.73. The number of nitrogens with one attached hydrogen (secondary N) is 1. The summed E-state index contributed by atoms with van der Waals surface area (Å²) >= 11 is 5.91. The number of hydrogen-bond acceptors (Lipinski definition) is 3. The number of halogens is 1. The van der Waals surface area contributed by atoms with Crippen molar-refractivity contribution in [1.82, 2.24) is 5.32 Å². The average molecular weight is 258 g/mol. The second-order valence-electron chi connectivity index (χ2n) is 3.86. The van der Waals surface area contributed by atoms with Gasteiger partial charge in [-0.15, -0.1) is 0 Å². The molecule has 0 radical (unpaired) electrons. The molecule has 1 aromatic carbocycles. The normalized spacial score (nSPS) is 12.4. The van der Waals surface area contributed by atoms with Gasteiger partial charge in [-0.1, -0.05) is 24.6 Å². The molecular formula is C13H20ClNO2. The van der Waals surface area contributed by atoms with Crippen molar-refractivity contribution in [2.24, 2.45) is 0 Å². The van der Waals surface area contributed by atoms with Gasteiger partial charge in [0.05, 0.1) is 6.61 Å². The molecule has 17 heavy (non-hydrogen) atoms. The summed E-state index contributed by atoms with van der Waals surface area (Å²) in [6, 6.07) is 7.41. The van der Waals surface area contributed by atoms with Crippen molar-refractivity contribution in [3.8, 4) is 5.75 Å². The van der Waals surface area contributed by atoms with E-state index in [1.54, 1.807) is 7.11 Å². The smallest absolute Gasteiger partial charge is 0.134 e. The molecule has 0 aliphatic heterocycles. The summed E-state index contributed by atoms with van der Waals surface area (Å²) in [5, 5.41) is 4.00. The highest BCUT2D eigenvalue weighted by Crippen LogP contribution is 2.18. The van der Waals surface area contributed by atoms with Crippen LogP contribution in [0.2, 0.25) is 5.02 Å². The third-order valence-electron chi connectivity index (χ3n) is 2.25. The maximum Gasteiger partial charge on any atom is 0.134 e. The number of ether oxygens (including phenoxy) is 2. The Morgan fingerprint density at radius 3 is 2.88 bits per heavy atom. The summed E-state index contributed by atoms with van der Waals surface area (Å²) in [4.78, 5) is 0. The Balaban J connectivity index is 2.47. The van der Waals surface area contributed by atoms with E-state index in [0.29, 0.717) is 11.6 Å². The van der Waals surface area contributed by atoms with Gasteiger partial charge in [0, 0.05) is 18.7 Å². The fraction of sp³-hybridized carbons (Fsp3) is 0.538. The third kappa shape index (κ3) is 5.91. The molecule has 1 rings (SSSR count). The van der Waals surface area contributed by atoms with Crippen LogP contribution in [0.15, 0.2) is 24.3 Å². The monoisotopic (exact) mass is 257 g/mol. The summed E-state index contributed by atoms with van der Waals surface area (Å²) in [6.45, 7) is 4.45. The van der Waals surface area contributed by atoms with Gasteiger partial charge < -0.3 is 14.8 Å². The Kier molecular flexibility index (Phi) is 7.01. The maximum atomic E-state index is 5.91. The van der Waals surface area contributed by atoms with Gasteiger partial charge in [-0.3, -0.25) is 0 Å². The molecule has 1 unspecified atom stereocenters. The molecule has 0 spiro atoms. The molecule has 1 aromatic rings. The lowest BCUT2D eigenvalue weighted by molar-refractivity contribution is 0.0807. The van der Waals surface area contributed by atoms with Crippen LogP contribution in [0.5, 0.6) is 5.75 Å². The summed E-state index contributed by atoms with van der Waals surface area (Å²) in [6.07, 6.45) is 1.11. The molecule has 0 saturated carbocycles. The highest BCUT2D eigenvalue weighted by atomic mass is 35.5. The minimum Gasteiger partial charge on any atom is -0.487 e. The van der Waals surface area contributed by atoms with Crippen LogP contribution in [0.1, 0.15) is 13.3 Å². The lowest BCUT2D eigenvalue weighted by Crippen LogP contribution is -2.35. The quantitative estimate of drug-likeness (QED) is 0.727. The van der Waals surface area contributed by atoms with E-state index in [4.69, 9.17) is 21.1 Å². The van der Waals surface area contributed by atoms with Crippen molar-refractivity contribution in [2.45, 2.75) is 19.4 Å². The second-order valence-corrected chi connectivity index (χ2v) is 4.29. The van der Waals surface area contributed by atoms with Crippen molar-refractivity contribution in [1.29, 1.82) is 0 Å². The largest absolute Gasteiger partial charge is 0.487 e. The summed E-state index contributed by atoms with van der Waals surface area (Å²) in [7, 11) is 1.67. The van der Waals surface area contributed by atoms with E-state index in [9.17, 15) is 0 Å². The predicted molar refractivity (Wildman–Crippen MR) is 70.9 cm³/mol. The first-order chi connectivity index (χ1) is 8.26. The standard InChI is InChI=1S/C13H20ClNO2/c1-3-7-15-9-13(10-16-2)17-12-6-4-5-11(14)8-12/h4-6,8,13,15H,3,7,9-10H2,1-2H3. The summed E-state index contributed by atoms with van der Waals surface area (Å²) in [5.41, 5.74) is 0. The Labute approximate surface area is 108 Å². The molecule has 1 atom stereocenters. The van der Waals surface area contributed by atoms with Gasteiger partial charge in [0.2, 0.25) is 0 Å². The van der Waals surface area contributed by atoms with Crippen LogP contribution in [0.3, 0.4) is 0 Å². The van der Waals surface area contributed by atoms with Gasteiger partial charge in [-0.05, 0) is 31.2 Å². The van der Waals surface area contributed by atoms with E-state index in [1.807, 2.05) is 24.3 Å². The molecule has 1 N–H and O–H groups in total. The third-order valence-corrected chi connectivity index (χ3v) is 2.49. The minimum atomic E-state index is 0.00465. The van der Waals surface area contributed by atoms with Crippen LogP contribution in [0.25, 0.3) is 0 Å². The number of hydrogen-bond donors (Lipinski definition) is 1. The van der Waals surface area contributed by atoms with Crippen LogP contribution >= 0.6 is 11.6 Å². The van der Waals surface area contributed by atoms with Crippen LogP contribution in [0.4, 0.5) is 0 Å². The average Bonchev–Trinajstić information content (AvgIpc) is 2.29. The van der Waals surface area contributed by atoms with Crippen LogP contribution in [0, 0.1) is 0 Å². The summed E-state index contributed by atoms with van der Waals surface area (Å²) in [5.74, 6) is 0.776. The van der Waals surface area contributed by atoms with E-state index < -0.39 is 0 Å². The Morgan fingerprint density at radius 1 is 1.41 bits per heavy atom. The second kappa shape index (κ2) is 8.34. The van der Waals surface area contributed by atoms with Gasteiger partial charge in [0.25, 0.3) is 0 Å². The van der Waals surface area contributed by atoms with E-state index in [0.717, 1.165) is 25.3 Å². The van der Waals surface area contributed by atoms with Crippen LogP contribution < -0.4 is 10.1 Å². The van der Waals surface area contributed by atoms with E-state index >= 15 is 0 Å². The zero-order valence-corrected chi connectivity index (χ0v) is 11.2. The topological polar surface area (TPSA) is 30.5 Å². The molecule has 96 valence electrons. The van der Waals surface area contributed by atoms with Gasteiger partial charge >= 0.3 is 0 Å². The molecule has 0 aliphatic carbocycles. The van der Waals surface area contributed by atoms with E-state index in [2.05, 4.69) is 12.2 Å². The molecule has 0 saturated heterocycles. The molecule has 0 heterocycles. The van der Waals surface area contributed by atoms with Crippen molar-refractivity contribution in [3.05, 3.63) is 29.3 Å². The number of rotatable bonds is 8. The maximum absolute atomic E-state index is 5.91. The molecule has 3 nitrogen and oxygen atoms in total. The number of benzene rings is 1. The Bertz CT molecular complexity index is 320. The molecule has 0 fully saturated rings. The Hall–Kier alpha value is -0.770. The van der Waals surface area contributed by atoms with E-state index in [1.165, 1.54) is 0 Å². The molecular weight excluding hydrogens is 238 g/mol. The van der Waals surface area contributed by atoms with Gasteiger partial charge in [-0.2, -0.15) is 0 Å². The first kappa shape index (κ1) is 14.3. The molecule has 0 bridgehead atoms. The molecule has 4 heteroatoms. The molecule has 0 aliphatic rings. The fourth-order valence-corrected chi connectivity index (χ4v) is 1.67. The highest BCUT2D eigenvalue weighted by Gasteiger charge is 2.09. The van der Waals surface area contributed by atoms with Crippen molar-refractivity contribution < 1.29 is 9.47 Å². The lowest BCUT2D eigenvalue weighted by Gasteiger charge is -2.19. The Morgan fingerprint density at radius 2 is 2.24 bits per heavy atom. The van der Waals surface area contributed by atoms with Gasteiger partial charge in [-0.25, -0.2) is 0 Å². The first-order valence-corrected chi connectivity index (χ1v) is 6.26. The van der Waals surface area contributed by atoms with Gasteiger partial charge in [0.1, 0.15) is 11.9 Å². The molecule has 0 aromatic heterocycles. The van der Waals surface area contributed by atoms with E-state index in [-0.39, 0.29) is 6.10 Å². The van der Waals surface area contributed by atoms with Gasteiger partial charge in [0.15, 0.2) is 0 Å². The zero-order chi connectivity index (χ0) is 12.5. The highest BCUT2D eigenvalue weighted by molar-refractivity contribution is 6.30. The summed E-state index contributed by atoms with van der Waals surface area (Å²) < 4.78 is 10.9. The first-order valence-electron chi connectivity index (χ1n) is 5.88. The van der Waals surface area contributed by atoms with Crippen molar-refractivity contribution in [2.75, 3.05) is 26.8 Å². The SMILES string of the molecule is CCCNCC(COC)Oc1cccc(Cl)c1.